The van der Waals surface area contributed by atoms with Crippen molar-refractivity contribution in [1.82, 2.24) is 0 Å². The standard InChI is InChI=1S/C10H18O2S/c1-10(2,13-3)9(11)8-4-6-12-7-5-8/h8H,4-7H2,1-3H3. The minimum Gasteiger partial charge on any atom is -0.381 e. The molecule has 1 heterocycles. The molecule has 0 aliphatic carbocycles. The first kappa shape index (κ1) is 11.1. The zero-order chi connectivity index (χ0) is 9.90. The highest BCUT2D eigenvalue weighted by Crippen LogP contribution is 2.29. The Hall–Kier alpha value is -0.0200. The van der Waals surface area contributed by atoms with E-state index in [1.165, 1.54) is 0 Å². The van der Waals surface area contributed by atoms with Gasteiger partial charge < -0.3 is 4.74 Å². The normalized spacial score (nSPS) is 20.2. The van der Waals surface area contributed by atoms with Crippen LogP contribution in [-0.2, 0) is 9.53 Å². The lowest BCUT2D eigenvalue weighted by molar-refractivity contribution is -0.127. The molecule has 1 aliphatic rings. The minimum absolute atomic E-state index is 0.220. The summed E-state index contributed by atoms with van der Waals surface area (Å²) >= 11 is 1.64. The molecule has 1 saturated heterocycles. The Kier molecular flexibility index (Phi) is 3.80. The van der Waals surface area contributed by atoms with Crippen molar-refractivity contribution in [3.63, 3.8) is 0 Å². The number of Topliss-reactive ketones (excluding diaryl/α,β-unsaturated/α-hetero) is 1. The molecule has 1 rings (SSSR count). The van der Waals surface area contributed by atoms with E-state index in [-0.39, 0.29) is 10.7 Å². The van der Waals surface area contributed by atoms with Crippen LogP contribution in [0, 0.1) is 5.92 Å². The molecule has 2 nitrogen and oxygen atoms in total. The van der Waals surface area contributed by atoms with Crippen molar-refractivity contribution in [2.75, 3.05) is 19.5 Å². The van der Waals surface area contributed by atoms with Crippen molar-refractivity contribution < 1.29 is 9.53 Å². The lowest BCUT2D eigenvalue weighted by Crippen LogP contribution is -2.36. The molecule has 0 aromatic rings. The third-order valence-corrected chi connectivity index (χ3v) is 3.92. The summed E-state index contributed by atoms with van der Waals surface area (Å²) in [7, 11) is 0. The third kappa shape index (κ3) is 2.71. The number of carbonyl (C=O) groups excluding carboxylic acids is 1. The SMILES string of the molecule is CSC(C)(C)C(=O)C1CCOCC1. The Morgan fingerprint density at radius 1 is 1.38 bits per heavy atom. The summed E-state index contributed by atoms with van der Waals surface area (Å²) in [6.45, 7) is 5.52. The van der Waals surface area contributed by atoms with Gasteiger partial charge in [0, 0.05) is 19.1 Å². The van der Waals surface area contributed by atoms with E-state index in [0.29, 0.717) is 5.78 Å². The van der Waals surface area contributed by atoms with Gasteiger partial charge in [-0.25, -0.2) is 0 Å². The molecule has 0 N–H and O–H groups in total. The van der Waals surface area contributed by atoms with Gasteiger partial charge >= 0.3 is 0 Å². The van der Waals surface area contributed by atoms with Crippen LogP contribution in [-0.4, -0.2) is 30.0 Å². The molecule has 13 heavy (non-hydrogen) atoms. The summed E-state index contributed by atoms with van der Waals surface area (Å²) in [6.07, 6.45) is 3.81. The highest BCUT2D eigenvalue weighted by molar-refractivity contribution is 8.00. The molecule has 0 radical (unpaired) electrons. The van der Waals surface area contributed by atoms with Crippen molar-refractivity contribution in [2.24, 2.45) is 5.92 Å². The highest BCUT2D eigenvalue weighted by atomic mass is 32.2. The average Bonchev–Trinajstić information content (AvgIpc) is 2.18. The van der Waals surface area contributed by atoms with Gasteiger partial charge in [0.2, 0.25) is 0 Å². The lowest BCUT2D eigenvalue weighted by atomic mass is 9.88. The number of ketones is 1. The van der Waals surface area contributed by atoms with Crippen LogP contribution in [0.25, 0.3) is 0 Å². The summed E-state index contributed by atoms with van der Waals surface area (Å²) in [5, 5.41) is 0. The second kappa shape index (κ2) is 4.47. The van der Waals surface area contributed by atoms with Crippen LogP contribution >= 0.6 is 11.8 Å². The molecular formula is C10H18O2S. The largest absolute Gasteiger partial charge is 0.381 e. The van der Waals surface area contributed by atoms with E-state index >= 15 is 0 Å². The van der Waals surface area contributed by atoms with Crippen LogP contribution in [0.2, 0.25) is 0 Å². The van der Waals surface area contributed by atoms with Crippen molar-refractivity contribution in [2.45, 2.75) is 31.4 Å². The quantitative estimate of drug-likeness (QED) is 0.701. The van der Waals surface area contributed by atoms with E-state index in [1.54, 1.807) is 11.8 Å². The second-order valence-corrected chi connectivity index (χ2v) is 5.39. The average molecular weight is 202 g/mol. The summed E-state index contributed by atoms with van der Waals surface area (Å²) in [4.78, 5) is 12.0. The summed E-state index contributed by atoms with van der Waals surface area (Å²) in [5.74, 6) is 0.625. The fourth-order valence-electron chi connectivity index (χ4n) is 1.55. The van der Waals surface area contributed by atoms with E-state index in [4.69, 9.17) is 4.74 Å². The van der Waals surface area contributed by atoms with E-state index in [2.05, 4.69) is 0 Å². The Bertz CT molecular complexity index is 183. The number of rotatable bonds is 3. The van der Waals surface area contributed by atoms with Crippen LogP contribution in [0.5, 0.6) is 0 Å². The maximum absolute atomic E-state index is 12.0. The van der Waals surface area contributed by atoms with Crippen LogP contribution in [0.15, 0.2) is 0 Å². The van der Waals surface area contributed by atoms with Gasteiger partial charge in [0.1, 0.15) is 0 Å². The van der Waals surface area contributed by atoms with Crippen molar-refractivity contribution in [3.8, 4) is 0 Å². The maximum atomic E-state index is 12.0. The molecule has 0 aromatic heterocycles. The zero-order valence-corrected chi connectivity index (χ0v) is 9.45. The predicted octanol–water partition coefficient (Wildman–Crippen LogP) is 2.12. The molecule has 0 bridgehead atoms. The molecule has 0 saturated carbocycles. The summed E-state index contributed by atoms with van der Waals surface area (Å²) in [6, 6.07) is 0. The molecule has 3 heteroatoms. The Labute approximate surface area is 84.4 Å². The van der Waals surface area contributed by atoms with Crippen molar-refractivity contribution >= 4 is 17.5 Å². The van der Waals surface area contributed by atoms with Crippen LogP contribution < -0.4 is 0 Å². The van der Waals surface area contributed by atoms with Gasteiger partial charge in [0.25, 0.3) is 0 Å². The second-order valence-electron chi connectivity index (χ2n) is 3.97. The van der Waals surface area contributed by atoms with E-state index in [0.717, 1.165) is 26.1 Å². The molecule has 76 valence electrons. The van der Waals surface area contributed by atoms with Gasteiger partial charge in [-0.3, -0.25) is 4.79 Å². The smallest absolute Gasteiger partial charge is 0.151 e. The molecule has 0 spiro atoms. The maximum Gasteiger partial charge on any atom is 0.151 e. The van der Waals surface area contributed by atoms with Gasteiger partial charge in [-0.1, -0.05) is 0 Å². The van der Waals surface area contributed by atoms with Gasteiger partial charge in [-0.05, 0) is 32.9 Å². The number of thioether (sulfide) groups is 1. The lowest BCUT2D eigenvalue weighted by Gasteiger charge is -2.28. The van der Waals surface area contributed by atoms with Gasteiger partial charge in [0.15, 0.2) is 5.78 Å². The Balaban J connectivity index is 2.55. The van der Waals surface area contributed by atoms with Crippen molar-refractivity contribution in [3.05, 3.63) is 0 Å². The molecular weight excluding hydrogens is 184 g/mol. The van der Waals surface area contributed by atoms with E-state index in [1.807, 2.05) is 20.1 Å². The van der Waals surface area contributed by atoms with Crippen LogP contribution in [0.3, 0.4) is 0 Å². The predicted molar refractivity (Wildman–Crippen MR) is 56.1 cm³/mol. The number of hydrogen-bond donors (Lipinski definition) is 0. The van der Waals surface area contributed by atoms with Gasteiger partial charge in [-0.15, -0.1) is 0 Å². The summed E-state index contributed by atoms with van der Waals surface area (Å²) < 4.78 is 5.02. The van der Waals surface area contributed by atoms with Crippen molar-refractivity contribution in [1.29, 1.82) is 0 Å². The molecule has 0 atom stereocenters. The van der Waals surface area contributed by atoms with Gasteiger partial charge in [-0.2, -0.15) is 11.8 Å². The van der Waals surface area contributed by atoms with E-state index in [9.17, 15) is 4.79 Å². The first-order valence-electron chi connectivity index (χ1n) is 4.75. The fourth-order valence-corrected chi connectivity index (χ4v) is 1.92. The molecule has 1 aliphatic heterocycles. The zero-order valence-electron chi connectivity index (χ0n) is 8.63. The monoisotopic (exact) mass is 202 g/mol. The topological polar surface area (TPSA) is 26.3 Å². The van der Waals surface area contributed by atoms with Gasteiger partial charge in [0.05, 0.1) is 4.75 Å². The Morgan fingerprint density at radius 2 is 1.92 bits per heavy atom. The number of ether oxygens (including phenoxy) is 1. The van der Waals surface area contributed by atoms with Crippen LogP contribution in [0.4, 0.5) is 0 Å². The minimum atomic E-state index is -0.220. The van der Waals surface area contributed by atoms with Crippen LogP contribution in [0.1, 0.15) is 26.7 Å². The number of hydrogen-bond acceptors (Lipinski definition) is 3. The molecule has 0 unspecified atom stereocenters. The van der Waals surface area contributed by atoms with E-state index < -0.39 is 0 Å². The molecule has 0 aromatic carbocycles. The highest BCUT2D eigenvalue weighted by Gasteiger charge is 2.33. The number of carbonyl (C=O) groups is 1. The molecule has 0 amide bonds. The Morgan fingerprint density at radius 3 is 2.38 bits per heavy atom. The first-order chi connectivity index (χ1) is 6.08. The molecule has 1 fully saturated rings. The fraction of sp³-hybridized carbons (Fsp3) is 0.900. The summed E-state index contributed by atoms with van der Waals surface area (Å²) in [5.41, 5.74) is 0. The first-order valence-corrected chi connectivity index (χ1v) is 5.97. The third-order valence-electron chi connectivity index (χ3n) is 2.70.